The first-order chi connectivity index (χ1) is 37.5. The summed E-state index contributed by atoms with van der Waals surface area (Å²) in [5.74, 6) is 5.37. The van der Waals surface area contributed by atoms with E-state index in [1.807, 2.05) is 13.8 Å². The molecule has 15 aliphatic rings. The quantitative estimate of drug-likeness (QED) is 0.113. The van der Waals surface area contributed by atoms with Crippen LogP contribution in [0.25, 0.3) is 10.4 Å². The van der Waals surface area contributed by atoms with Gasteiger partial charge in [-0.05, 0) is 274 Å². The number of aliphatic hydroxyl groups excluding tert-OH is 2. The molecule has 2 N–H and O–H groups in total. The molecule has 0 aromatic rings. The fraction of sp³-hybridized carbons (Fsp3) is 0.926. The Bertz CT molecular complexity index is 2440. The predicted octanol–water partition coefficient (Wildman–Crippen LogP) is 14.4. The van der Waals surface area contributed by atoms with Crippen LogP contribution >= 0.6 is 0 Å². The molecule has 3 heterocycles. The second-order valence-corrected chi connectivity index (χ2v) is 33.0. The van der Waals surface area contributed by atoms with Gasteiger partial charge in [0, 0.05) is 22.8 Å². The number of ketones is 1. The van der Waals surface area contributed by atoms with E-state index in [2.05, 4.69) is 92.4 Å². The van der Waals surface area contributed by atoms with Crippen LogP contribution in [0.15, 0.2) is 29.4 Å². The summed E-state index contributed by atoms with van der Waals surface area (Å²) in [6, 6.07) is 0.104. The molecule has 15 fully saturated rings. The van der Waals surface area contributed by atoms with Gasteiger partial charge in [0.15, 0.2) is 17.4 Å². The Balaban J connectivity index is 0.000000113. The van der Waals surface area contributed by atoms with Crippen LogP contribution in [0, 0.1) is 104 Å². The molecule has 15 rings (SSSR count). The first-order valence-electron chi connectivity index (χ1n) is 32.9. The van der Waals surface area contributed by atoms with Crippen molar-refractivity contribution >= 4 is 5.78 Å². The number of carbonyl (C=O) groups is 1. The molecule has 12 nitrogen and oxygen atoms in total. The minimum Gasteiger partial charge on any atom is -0.393 e. The van der Waals surface area contributed by atoms with Crippen LogP contribution in [0.3, 0.4) is 0 Å². The topological polar surface area (TPSA) is 162 Å². The molecule has 12 unspecified atom stereocenters. The van der Waals surface area contributed by atoms with Crippen molar-refractivity contribution in [2.24, 2.45) is 109 Å². The Labute approximate surface area is 480 Å². The van der Waals surface area contributed by atoms with Gasteiger partial charge in [-0.25, -0.2) is 0 Å². The standard InChI is InChI=1S/C23H35N3O2.C23H36O3.C22H34O4/c1-13-6-7-15-18-16(9-11-22(13,15)4)23(5)10-8-14(25-26-24)12-17(23)19-20(18)28-21(2,3)27-19;1-13-6-7-15-18-16(9-11-22(13,15)4)23(5)10-8-14(24)12-17(23)19-20(18)26-21(2,3)25-19;1-20(2)25-18-15-11-12(23)7-9-21(15,3)14-8-10-22(4)13(5-6-16(22)24)17(14)19(18)26-20/h14-20H,1,6-12H2,2-5H3;14-20,24H,1,6-12H2,2-5H3;12-15,17-19,23H,5-11H2,1-4H3/t14-,15?,16?,17?,18?,19-,20-,22-,23-;14-,15?,16?,17?,18?,19+,20+,22+,23+;12-,13?,14?,15?,17?,18+,19+,21+,22-/m100/s1. The number of aliphatic hydroxyl groups is 2. The van der Waals surface area contributed by atoms with E-state index in [1.54, 1.807) is 0 Å². The number of carbonyl (C=O) groups excluding carboxylic acids is 1. The van der Waals surface area contributed by atoms with Crippen molar-refractivity contribution in [3.8, 4) is 0 Å². The van der Waals surface area contributed by atoms with E-state index < -0.39 is 17.4 Å². The van der Waals surface area contributed by atoms with Crippen molar-refractivity contribution < 1.29 is 43.4 Å². The summed E-state index contributed by atoms with van der Waals surface area (Å²) in [5.41, 5.74) is 13.1. The fourth-order valence-electron chi connectivity index (χ4n) is 24.3. The third-order valence-corrected chi connectivity index (χ3v) is 28.4. The third-order valence-electron chi connectivity index (χ3n) is 28.4. The number of hydrogen-bond acceptors (Lipinski definition) is 10. The van der Waals surface area contributed by atoms with E-state index in [4.69, 9.17) is 34.0 Å². The highest BCUT2D eigenvalue weighted by molar-refractivity contribution is 5.87. The molecule has 12 saturated carbocycles. The maximum atomic E-state index is 12.7. The van der Waals surface area contributed by atoms with Gasteiger partial charge in [-0.15, -0.1) is 0 Å². The molecule has 80 heavy (non-hydrogen) atoms. The maximum absolute atomic E-state index is 12.7. The molecule has 12 heteroatoms. The number of fused-ring (bicyclic) bond motifs is 24. The van der Waals surface area contributed by atoms with E-state index in [0.717, 1.165) is 83.5 Å². The highest BCUT2D eigenvalue weighted by atomic mass is 16.8. The molecule has 0 amide bonds. The Hall–Kier alpha value is -1.86. The smallest absolute Gasteiger partial charge is 0.163 e. The number of nitrogens with zero attached hydrogens (tertiary/aromatic N) is 3. The van der Waals surface area contributed by atoms with Crippen LogP contribution in [0.2, 0.25) is 0 Å². The minimum absolute atomic E-state index is 0.0595. The zero-order chi connectivity index (χ0) is 56.9. The summed E-state index contributed by atoms with van der Waals surface area (Å²) < 4.78 is 39.4. The molecule has 12 aliphatic carbocycles. The van der Waals surface area contributed by atoms with Gasteiger partial charge in [0.25, 0.3) is 0 Å². The Morgan fingerprint density at radius 2 is 0.762 bits per heavy atom. The van der Waals surface area contributed by atoms with Crippen LogP contribution in [-0.4, -0.2) is 88.2 Å². The highest BCUT2D eigenvalue weighted by Crippen LogP contribution is 2.73. The summed E-state index contributed by atoms with van der Waals surface area (Å²) in [7, 11) is 0. The van der Waals surface area contributed by atoms with Gasteiger partial charge in [-0.1, -0.05) is 71.0 Å². The van der Waals surface area contributed by atoms with E-state index in [9.17, 15) is 15.0 Å². The fourth-order valence-corrected chi connectivity index (χ4v) is 24.3. The van der Waals surface area contributed by atoms with Crippen LogP contribution < -0.4 is 0 Å². The predicted molar refractivity (Wildman–Crippen MR) is 307 cm³/mol. The van der Waals surface area contributed by atoms with Crippen molar-refractivity contribution in [2.75, 3.05) is 0 Å². The SMILES string of the molecule is C=C1CCC2C3C(CC[C@]12C)[C@@]1(C)CC[C@@H](N=[N+]=[N-])CC1[C@H]1OC(C)(C)O[C@H]31.C=C1CCC2C3C(CC[C@]12C)[C@@]1(C)CC[C@H](O)CC1[C@H]1OC(C)(C)O[C@H]31.CC1(C)O[C@@H]2C3C(CC[C@]4(C)C(=O)CCC34)[C@@]3(C)CC[C@H](O)CC3[C@H]2O1. The molecule has 0 aromatic carbocycles. The monoisotopic (exact) mass is 1110 g/mol. The van der Waals surface area contributed by atoms with Crippen LogP contribution in [0.1, 0.15) is 218 Å². The second-order valence-electron chi connectivity index (χ2n) is 33.0. The first-order valence-corrected chi connectivity index (χ1v) is 32.9. The van der Waals surface area contributed by atoms with Crippen molar-refractivity contribution in [1.29, 1.82) is 0 Å². The summed E-state index contributed by atoms with van der Waals surface area (Å²) in [5, 5.41) is 24.9. The molecule has 0 spiro atoms. The molecular formula is C68H105N3O9. The van der Waals surface area contributed by atoms with Crippen molar-refractivity contribution in [1.82, 2.24) is 0 Å². The van der Waals surface area contributed by atoms with Crippen LogP contribution in [0.5, 0.6) is 0 Å². The largest absolute Gasteiger partial charge is 0.393 e. The van der Waals surface area contributed by atoms with Crippen molar-refractivity contribution in [3.05, 3.63) is 34.7 Å². The third kappa shape index (κ3) is 8.41. The average molecular weight is 1110 g/mol. The lowest BCUT2D eigenvalue weighted by molar-refractivity contribution is -0.186. The molecule has 0 aromatic heterocycles. The van der Waals surface area contributed by atoms with Gasteiger partial charge < -0.3 is 38.6 Å². The zero-order valence-electron chi connectivity index (χ0n) is 51.5. The van der Waals surface area contributed by atoms with Gasteiger partial charge in [0.2, 0.25) is 0 Å². The number of hydrogen-bond donors (Lipinski definition) is 2. The van der Waals surface area contributed by atoms with Gasteiger partial charge in [-0.2, -0.15) is 0 Å². The molecule has 3 saturated heterocycles. The van der Waals surface area contributed by atoms with E-state index in [-0.39, 0.29) is 81.9 Å². The van der Waals surface area contributed by atoms with Crippen LogP contribution in [-0.2, 0) is 33.2 Å². The molecule has 0 bridgehead atoms. The lowest BCUT2D eigenvalue weighted by atomic mass is 9.43. The van der Waals surface area contributed by atoms with E-state index in [1.165, 1.54) is 62.5 Å². The van der Waals surface area contributed by atoms with E-state index in [0.29, 0.717) is 82.2 Å². The van der Waals surface area contributed by atoms with Crippen LogP contribution in [0.4, 0.5) is 0 Å². The summed E-state index contributed by atoms with van der Waals surface area (Å²) in [4.78, 5) is 15.8. The Morgan fingerprint density at radius 3 is 1.16 bits per heavy atom. The highest BCUT2D eigenvalue weighted by Gasteiger charge is 2.72. The number of Topliss-reactive ketones (excluding diaryl/α,β-unsaturated/α-hetero) is 1. The maximum Gasteiger partial charge on any atom is 0.163 e. The number of rotatable bonds is 1. The number of azide groups is 1. The lowest BCUT2D eigenvalue weighted by Crippen LogP contribution is -2.63. The van der Waals surface area contributed by atoms with Gasteiger partial charge in [0.05, 0.1) is 48.8 Å². The normalized spacial score (nSPS) is 56.6. The minimum atomic E-state index is -0.565. The molecular weight excluding hydrogens is 1000 g/mol. The Morgan fingerprint density at radius 1 is 0.425 bits per heavy atom. The lowest BCUT2D eigenvalue weighted by Gasteiger charge is -2.63. The van der Waals surface area contributed by atoms with Gasteiger partial charge in [-0.3, -0.25) is 4.79 Å². The van der Waals surface area contributed by atoms with Crippen molar-refractivity contribution in [3.63, 3.8) is 0 Å². The second kappa shape index (κ2) is 19.1. The first kappa shape index (κ1) is 57.2. The summed E-state index contributed by atoms with van der Waals surface area (Å²) in [6.07, 6.45) is 23.1. The summed E-state index contributed by atoms with van der Waals surface area (Å²) >= 11 is 0. The van der Waals surface area contributed by atoms with Crippen molar-refractivity contribution in [2.45, 2.75) is 290 Å². The van der Waals surface area contributed by atoms with Gasteiger partial charge >= 0.3 is 0 Å². The molecule has 27 atom stereocenters. The summed E-state index contributed by atoms with van der Waals surface area (Å²) in [6.45, 7) is 35.9. The molecule has 3 aliphatic heterocycles. The Kier molecular flexibility index (Phi) is 13.6. The molecule has 0 radical (unpaired) electrons. The average Bonchev–Trinajstić information content (AvgIpc) is 4.34. The number of ether oxygens (including phenoxy) is 6. The van der Waals surface area contributed by atoms with E-state index >= 15 is 0 Å². The van der Waals surface area contributed by atoms with Gasteiger partial charge in [0.1, 0.15) is 5.78 Å². The molecule has 446 valence electrons. The number of allylic oxidation sites excluding steroid dienone is 2. The zero-order valence-corrected chi connectivity index (χ0v) is 51.5.